The van der Waals surface area contributed by atoms with Gasteiger partial charge in [-0.05, 0) is 13.5 Å². The zero-order valence-corrected chi connectivity index (χ0v) is 10.9. The Morgan fingerprint density at radius 2 is 1.94 bits per heavy atom. The van der Waals surface area contributed by atoms with E-state index in [2.05, 4.69) is 4.72 Å². The van der Waals surface area contributed by atoms with E-state index in [1.165, 1.54) is 7.05 Å². The Kier molecular flexibility index (Phi) is 4.41. The molecule has 0 aliphatic carbocycles. The lowest BCUT2D eigenvalue weighted by Crippen LogP contribution is -2.58. The van der Waals surface area contributed by atoms with Gasteiger partial charge in [0, 0.05) is 6.54 Å². The van der Waals surface area contributed by atoms with Crippen LogP contribution in [0, 0.1) is 5.92 Å². The Hall–Kier alpha value is -1.48. The van der Waals surface area contributed by atoms with Crippen LogP contribution in [0.15, 0.2) is 0 Å². The van der Waals surface area contributed by atoms with Gasteiger partial charge in [0.05, 0.1) is 5.75 Å². The minimum atomic E-state index is -3.51. The van der Waals surface area contributed by atoms with E-state index in [-0.39, 0.29) is 13.0 Å². The van der Waals surface area contributed by atoms with Gasteiger partial charge in [-0.3, -0.25) is 19.8 Å². The predicted octanol–water partition coefficient (Wildman–Crippen LogP) is -1.36. The first kappa shape index (κ1) is 14.6. The minimum Gasteiger partial charge on any atom is -0.277 e. The van der Waals surface area contributed by atoms with Crippen molar-refractivity contribution in [2.24, 2.45) is 5.92 Å². The molecule has 0 aromatic rings. The van der Waals surface area contributed by atoms with Crippen LogP contribution in [-0.4, -0.2) is 50.5 Å². The molecule has 1 heterocycles. The molecule has 1 unspecified atom stereocenters. The fourth-order valence-electron chi connectivity index (χ4n) is 1.55. The number of imide groups is 2. The molecule has 8 nitrogen and oxygen atoms in total. The third kappa shape index (κ3) is 3.05. The number of nitrogens with one attached hydrogen (secondary N) is 2. The number of barbiturate groups is 1. The summed E-state index contributed by atoms with van der Waals surface area (Å²) in [6, 6.07) is -0.874. The van der Waals surface area contributed by atoms with Crippen molar-refractivity contribution in [3.05, 3.63) is 0 Å². The van der Waals surface area contributed by atoms with E-state index in [9.17, 15) is 22.8 Å². The Labute approximate surface area is 105 Å². The normalized spacial score (nSPS) is 21.1. The van der Waals surface area contributed by atoms with E-state index >= 15 is 0 Å². The Bertz CT molecular complexity index is 473. The van der Waals surface area contributed by atoms with Gasteiger partial charge in [0.1, 0.15) is 5.92 Å². The molecule has 0 aromatic carbocycles. The second kappa shape index (κ2) is 5.44. The van der Waals surface area contributed by atoms with Crippen molar-refractivity contribution in [2.75, 3.05) is 19.3 Å². The highest BCUT2D eigenvalue weighted by Crippen LogP contribution is 2.13. The van der Waals surface area contributed by atoms with Crippen LogP contribution < -0.4 is 10.0 Å². The molecule has 9 heteroatoms. The largest absolute Gasteiger partial charge is 0.330 e. The molecule has 1 aliphatic rings. The van der Waals surface area contributed by atoms with Gasteiger partial charge in [0.25, 0.3) is 0 Å². The van der Waals surface area contributed by atoms with Gasteiger partial charge in [0.15, 0.2) is 0 Å². The molecule has 0 saturated carbocycles. The third-order valence-electron chi connectivity index (χ3n) is 2.66. The summed E-state index contributed by atoms with van der Waals surface area (Å²) in [5.41, 5.74) is 0. The summed E-state index contributed by atoms with van der Waals surface area (Å²) in [4.78, 5) is 35.3. The van der Waals surface area contributed by atoms with Crippen LogP contribution in [0.1, 0.15) is 13.3 Å². The molecule has 102 valence electrons. The Balaban J connectivity index is 2.78. The molecule has 1 atom stereocenters. The molecule has 0 aromatic heterocycles. The molecule has 0 radical (unpaired) electrons. The number of carbonyl (C=O) groups is 3. The van der Waals surface area contributed by atoms with Gasteiger partial charge in [-0.25, -0.2) is 17.9 Å². The number of carbonyl (C=O) groups excluding carboxylic acids is 3. The Morgan fingerprint density at radius 1 is 1.33 bits per heavy atom. The van der Waals surface area contributed by atoms with Crippen LogP contribution in [-0.2, 0) is 19.6 Å². The summed E-state index contributed by atoms with van der Waals surface area (Å²) in [5, 5.41) is 2.03. The van der Waals surface area contributed by atoms with Crippen molar-refractivity contribution in [1.82, 2.24) is 14.9 Å². The Morgan fingerprint density at radius 3 is 2.44 bits per heavy atom. The smallest absolute Gasteiger partial charge is 0.277 e. The standard InChI is InChI=1S/C9H15N3O5S/c1-3-6-7(13)11-9(15)12(8(6)14)4-5-18(16,17)10-2/h6,10H,3-5H2,1-2H3,(H,11,13,15). The molecule has 1 fully saturated rings. The van der Waals surface area contributed by atoms with Gasteiger partial charge >= 0.3 is 6.03 Å². The molecule has 0 bridgehead atoms. The molecule has 0 spiro atoms. The van der Waals surface area contributed by atoms with Gasteiger partial charge in [-0.15, -0.1) is 0 Å². The maximum Gasteiger partial charge on any atom is 0.330 e. The average Bonchev–Trinajstić information content (AvgIpc) is 2.28. The second-order valence-electron chi connectivity index (χ2n) is 3.77. The summed E-state index contributed by atoms with van der Waals surface area (Å²) < 4.78 is 24.5. The SMILES string of the molecule is CCC1C(=O)NC(=O)N(CCS(=O)(=O)NC)C1=O. The van der Waals surface area contributed by atoms with Crippen LogP contribution in [0.4, 0.5) is 4.79 Å². The lowest BCUT2D eigenvalue weighted by atomic mass is 10.0. The van der Waals surface area contributed by atoms with Crippen LogP contribution in [0.2, 0.25) is 0 Å². The van der Waals surface area contributed by atoms with E-state index in [0.717, 1.165) is 4.90 Å². The van der Waals surface area contributed by atoms with Gasteiger partial charge < -0.3 is 0 Å². The number of amides is 4. The number of rotatable bonds is 5. The van der Waals surface area contributed by atoms with Crippen LogP contribution in [0.5, 0.6) is 0 Å². The molecule has 1 saturated heterocycles. The van der Waals surface area contributed by atoms with Crippen LogP contribution >= 0.6 is 0 Å². The van der Waals surface area contributed by atoms with Crippen molar-refractivity contribution in [1.29, 1.82) is 0 Å². The summed E-state index contributed by atoms with van der Waals surface area (Å²) >= 11 is 0. The summed E-state index contributed by atoms with van der Waals surface area (Å²) in [6.07, 6.45) is 0.257. The van der Waals surface area contributed by atoms with Gasteiger partial charge in [-0.1, -0.05) is 6.92 Å². The van der Waals surface area contributed by atoms with E-state index in [0.29, 0.717) is 0 Å². The zero-order chi connectivity index (χ0) is 13.9. The molecular formula is C9H15N3O5S. The fourth-order valence-corrected chi connectivity index (χ4v) is 2.17. The molecular weight excluding hydrogens is 262 g/mol. The van der Waals surface area contributed by atoms with Gasteiger partial charge in [0.2, 0.25) is 21.8 Å². The molecule has 1 rings (SSSR count). The number of hydrogen-bond acceptors (Lipinski definition) is 5. The van der Waals surface area contributed by atoms with E-state index in [4.69, 9.17) is 0 Å². The molecule has 4 amide bonds. The lowest BCUT2D eigenvalue weighted by Gasteiger charge is -2.29. The topological polar surface area (TPSA) is 113 Å². The first-order valence-electron chi connectivity index (χ1n) is 5.39. The van der Waals surface area contributed by atoms with Crippen molar-refractivity contribution in [3.8, 4) is 0 Å². The maximum absolute atomic E-state index is 11.8. The second-order valence-corrected chi connectivity index (χ2v) is 5.81. The first-order chi connectivity index (χ1) is 8.32. The van der Waals surface area contributed by atoms with Crippen LogP contribution in [0.3, 0.4) is 0 Å². The maximum atomic E-state index is 11.8. The number of hydrogen-bond donors (Lipinski definition) is 2. The number of urea groups is 1. The van der Waals surface area contributed by atoms with Crippen molar-refractivity contribution >= 4 is 27.9 Å². The first-order valence-corrected chi connectivity index (χ1v) is 7.05. The zero-order valence-electron chi connectivity index (χ0n) is 10.1. The number of sulfonamides is 1. The molecule has 1 aliphatic heterocycles. The number of nitrogens with zero attached hydrogens (tertiary/aromatic N) is 1. The lowest BCUT2D eigenvalue weighted by molar-refractivity contribution is -0.142. The van der Waals surface area contributed by atoms with Crippen molar-refractivity contribution < 1.29 is 22.8 Å². The summed E-state index contributed by atoms with van der Waals surface area (Å²) in [5.74, 6) is -2.62. The highest BCUT2D eigenvalue weighted by atomic mass is 32.2. The summed E-state index contributed by atoms with van der Waals surface area (Å²) in [6.45, 7) is 1.36. The monoisotopic (exact) mass is 277 g/mol. The third-order valence-corrected chi connectivity index (χ3v) is 4.00. The highest BCUT2D eigenvalue weighted by molar-refractivity contribution is 7.89. The van der Waals surface area contributed by atoms with Gasteiger partial charge in [-0.2, -0.15) is 0 Å². The highest BCUT2D eigenvalue weighted by Gasteiger charge is 2.39. The average molecular weight is 277 g/mol. The van der Waals surface area contributed by atoms with Crippen molar-refractivity contribution in [3.63, 3.8) is 0 Å². The summed E-state index contributed by atoms with van der Waals surface area (Å²) in [7, 11) is -2.27. The predicted molar refractivity (Wildman–Crippen MR) is 61.9 cm³/mol. The minimum absolute atomic E-state index is 0.257. The quantitative estimate of drug-likeness (QED) is 0.603. The molecule has 18 heavy (non-hydrogen) atoms. The van der Waals surface area contributed by atoms with E-state index in [1.54, 1.807) is 6.92 Å². The van der Waals surface area contributed by atoms with E-state index < -0.39 is 39.5 Å². The van der Waals surface area contributed by atoms with Crippen LogP contribution in [0.25, 0.3) is 0 Å². The van der Waals surface area contributed by atoms with Crippen molar-refractivity contribution in [2.45, 2.75) is 13.3 Å². The molecule has 2 N–H and O–H groups in total. The fraction of sp³-hybridized carbons (Fsp3) is 0.667. The van der Waals surface area contributed by atoms with E-state index in [1.807, 2.05) is 5.32 Å².